The number of carbonyl (C=O) groups is 1. The first-order valence-corrected chi connectivity index (χ1v) is 6.17. The molecule has 0 aliphatic carbocycles. The third-order valence-electron chi connectivity index (χ3n) is 2.23. The van der Waals surface area contributed by atoms with E-state index in [1.807, 2.05) is 20.8 Å². The highest BCUT2D eigenvalue weighted by molar-refractivity contribution is 7.94. The van der Waals surface area contributed by atoms with Crippen LogP contribution in [0.1, 0.15) is 27.2 Å². The predicted molar refractivity (Wildman–Crippen MR) is 69.9 cm³/mol. The highest BCUT2D eigenvalue weighted by atomic mass is 32.1. The van der Waals surface area contributed by atoms with E-state index in [0.717, 1.165) is 0 Å². The highest BCUT2D eigenvalue weighted by Gasteiger charge is 2.34. The van der Waals surface area contributed by atoms with E-state index >= 15 is 0 Å². The van der Waals surface area contributed by atoms with Gasteiger partial charge in [0, 0.05) is 13.5 Å². The van der Waals surface area contributed by atoms with E-state index in [-0.39, 0.29) is 24.9 Å². The normalized spacial score (nSPS) is 31.5. The molecular formula is C11H24O5S. The fourth-order valence-electron chi connectivity index (χ4n) is 1.62. The lowest BCUT2D eigenvalue weighted by Gasteiger charge is -2.36. The largest absolute Gasteiger partial charge is 0.394 e. The van der Waals surface area contributed by atoms with Crippen molar-refractivity contribution in [2.45, 2.75) is 51.6 Å². The van der Waals surface area contributed by atoms with E-state index < -0.39 is 6.10 Å². The Morgan fingerprint density at radius 3 is 2.29 bits per heavy atom. The molecule has 1 fully saturated rings. The van der Waals surface area contributed by atoms with Crippen molar-refractivity contribution in [1.29, 1.82) is 0 Å². The number of rotatable bonds is 2. The average Bonchev–Trinajstić information content (AvgIpc) is 2.32. The molecule has 0 amide bonds. The lowest BCUT2D eigenvalue weighted by molar-refractivity contribution is -0.180. The molecule has 4 unspecified atom stereocenters. The summed E-state index contributed by atoms with van der Waals surface area (Å²) in [5.74, 6) is 0. The molecule has 104 valence electrons. The van der Waals surface area contributed by atoms with Gasteiger partial charge in [-0.1, -0.05) is 13.8 Å². The van der Waals surface area contributed by atoms with Gasteiger partial charge in [-0.3, -0.25) is 4.79 Å². The first kappa shape index (κ1) is 19.2. The number of methoxy groups -OCH3 is 1. The minimum absolute atomic E-state index is 0.0438. The van der Waals surface area contributed by atoms with Gasteiger partial charge in [0.1, 0.15) is 6.10 Å². The third kappa shape index (κ3) is 7.72. The van der Waals surface area contributed by atoms with Crippen LogP contribution in [-0.2, 0) is 14.3 Å². The maximum atomic E-state index is 9.52. The molecule has 17 heavy (non-hydrogen) atoms. The van der Waals surface area contributed by atoms with Crippen molar-refractivity contribution in [3.05, 3.63) is 0 Å². The van der Waals surface area contributed by atoms with Gasteiger partial charge in [0.25, 0.3) is 0 Å². The summed E-state index contributed by atoms with van der Waals surface area (Å²) in [5, 5.41) is 18.3. The molecule has 1 heterocycles. The van der Waals surface area contributed by atoms with Crippen LogP contribution >= 0.6 is 12.6 Å². The lowest BCUT2D eigenvalue weighted by atomic mass is 9.99. The molecule has 0 aromatic carbocycles. The van der Waals surface area contributed by atoms with Crippen LogP contribution in [0, 0.1) is 0 Å². The minimum atomic E-state index is -0.532. The Bertz CT molecular complexity index is 167. The molecule has 6 heteroatoms. The monoisotopic (exact) mass is 268 g/mol. The summed E-state index contributed by atoms with van der Waals surface area (Å²) in [6.07, 6.45) is -0.764. The number of thiol groups is 1. The van der Waals surface area contributed by atoms with Crippen LogP contribution in [-0.4, -0.2) is 54.0 Å². The number of aliphatic hydroxyl groups is 2. The molecule has 5 nitrogen and oxygen atoms in total. The number of aliphatic hydroxyl groups excluding tert-OH is 2. The van der Waals surface area contributed by atoms with Crippen LogP contribution < -0.4 is 0 Å². The molecule has 0 aromatic rings. The summed E-state index contributed by atoms with van der Waals surface area (Å²) in [6.45, 7) is 5.79. The Morgan fingerprint density at radius 2 is 2.00 bits per heavy atom. The summed E-state index contributed by atoms with van der Waals surface area (Å²) in [5.41, 5.74) is 0.444. The van der Waals surface area contributed by atoms with Gasteiger partial charge in [-0.2, -0.15) is 0 Å². The van der Waals surface area contributed by atoms with E-state index in [4.69, 9.17) is 19.4 Å². The van der Waals surface area contributed by atoms with Crippen LogP contribution in [0.4, 0.5) is 0 Å². The average molecular weight is 268 g/mol. The second-order valence-corrected chi connectivity index (χ2v) is 3.47. The number of ether oxygens (including phenoxy) is 2. The second-order valence-electron chi connectivity index (χ2n) is 3.25. The standard InChI is InChI=1S/C8H16O4.C2H6.CH2OS/c1-5-8(11-2)7(10)3-6(4-9)12-5;1-2;2-1-3/h5-10H,3-4H2,1-2H3;1-2H3;1H,(H,2,3). The van der Waals surface area contributed by atoms with Gasteiger partial charge in [-0.25, -0.2) is 0 Å². The summed E-state index contributed by atoms with van der Waals surface area (Å²) in [7, 11) is 1.55. The van der Waals surface area contributed by atoms with Crippen LogP contribution in [0.3, 0.4) is 0 Å². The van der Waals surface area contributed by atoms with Crippen molar-refractivity contribution in [3.8, 4) is 0 Å². The summed E-state index contributed by atoms with van der Waals surface area (Å²) in [4.78, 5) is 8.67. The second kappa shape index (κ2) is 12.3. The van der Waals surface area contributed by atoms with Crippen molar-refractivity contribution in [2.75, 3.05) is 13.7 Å². The Kier molecular flexibility index (Phi) is 13.9. The molecule has 4 atom stereocenters. The van der Waals surface area contributed by atoms with E-state index in [1.54, 1.807) is 7.11 Å². The SMILES string of the molecule is CC.COC1C(O)CC(CO)OC1C.O=CS. The quantitative estimate of drug-likeness (QED) is 0.507. The third-order valence-corrected chi connectivity index (χ3v) is 2.23. The van der Waals surface area contributed by atoms with Crippen LogP contribution in [0.25, 0.3) is 0 Å². The smallest absolute Gasteiger partial charge is 0.173 e. The van der Waals surface area contributed by atoms with E-state index in [9.17, 15) is 5.11 Å². The van der Waals surface area contributed by atoms with E-state index in [2.05, 4.69) is 12.6 Å². The van der Waals surface area contributed by atoms with Gasteiger partial charge < -0.3 is 19.7 Å². The molecule has 1 aliphatic rings. The first-order chi connectivity index (χ1) is 8.10. The predicted octanol–water partition coefficient (Wildman–Crippen LogP) is 0.665. The molecule has 0 spiro atoms. The van der Waals surface area contributed by atoms with Crippen molar-refractivity contribution < 1.29 is 24.5 Å². The molecule has 2 N–H and O–H groups in total. The Labute approximate surface area is 109 Å². The molecule has 1 aliphatic heterocycles. The fraction of sp³-hybridized carbons (Fsp3) is 0.909. The zero-order valence-electron chi connectivity index (χ0n) is 10.9. The zero-order valence-corrected chi connectivity index (χ0v) is 11.8. The topological polar surface area (TPSA) is 76.0 Å². The Balaban J connectivity index is 0. The Hall–Kier alpha value is -0.140. The lowest BCUT2D eigenvalue weighted by Crippen LogP contribution is -2.48. The van der Waals surface area contributed by atoms with Crippen LogP contribution in [0.5, 0.6) is 0 Å². The summed E-state index contributed by atoms with van der Waals surface area (Å²) < 4.78 is 10.4. The van der Waals surface area contributed by atoms with E-state index in [1.165, 1.54) is 0 Å². The maximum absolute atomic E-state index is 9.52. The molecule has 1 saturated heterocycles. The zero-order chi connectivity index (χ0) is 13.8. The number of carbonyl (C=O) groups excluding carboxylic acids is 1. The van der Waals surface area contributed by atoms with Crippen molar-refractivity contribution in [3.63, 3.8) is 0 Å². The first-order valence-electron chi connectivity index (χ1n) is 5.65. The van der Waals surface area contributed by atoms with Crippen LogP contribution in [0.2, 0.25) is 0 Å². The van der Waals surface area contributed by atoms with Crippen molar-refractivity contribution >= 4 is 18.2 Å². The minimum Gasteiger partial charge on any atom is -0.394 e. The van der Waals surface area contributed by atoms with Gasteiger partial charge >= 0.3 is 0 Å². The van der Waals surface area contributed by atoms with Gasteiger partial charge in [-0.15, -0.1) is 12.6 Å². The molecule has 0 saturated carbocycles. The molecular weight excluding hydrogens is 244 g/mol. The fourth-order valence-corrected chi connectivity index (χ4v) is 1.62. The maximum Gasteiger partial charge on any atom is 0.173 e. The van der Waals surface area contributed by atoms with Gasteiger partial charge in [-0.05, 0) is 6.92 Å². The molecule has 0 aromatic heterocycles. The Morgan fingerprint density at radius 1 is 1.53 bits per heavy atom. The molecule has 0 radical (unpaired) electrons. The number of hydrogen-bond acceptors (Lipinski definition) is 5. The van der Waals surface area contributed by atoms with Crippen molar-refractivity contribution in [1.82, 2.24) is 0 Å². The van der Waals surface area contributed by atoms with Gasteiger partial charge in [0.15, 0.2) is 5.62 Å². The number of hydrogen-bond donors (Lipinski definition) is 3. The van der Waals surface area contributed by atoms with Crippen LogP contribution in [0.15, 0.2) is 0 Å². The summed E-state index contributed by atoms with van der Waals surface area (Å²) >= 11 is 3.11. The molecule has 0 bridgehead atoms. The highest BCUT2D eigenvalue weighted by Crippen LogP contribution is 2.21. The van der Waals surface area contributed by atoms with E-state index in [0.29, 0.717) is 12.0 Å². The molecule has 1 rings (SSSR count). The van der Waals surface area contributed by atoms with Gasteiger partial charge in [0.05, 0.1) is 24.9 Å². The summed E-state index contributed by atoms with van der Waals surface area (Å²) in [6, 6.07) is 0. The van der Waals surface area contributed by atoms with Crippen molar-refractivity contribution in [2.24, 2.45) is 0 Å². The van der Waals surface area contributed by atoms with Gasteiger partial charge in [0.2, 0.25) is 0 Å².